The average molecular weight is 1080 g/mol. The summed E-state index contributed by atoms with van der Waals surface area (Å²) in [5.41, 5.74) is 22.4. The van der Waals surface area contributed by atoms with Gasteiger partial charge in [-0.15, -0.1) is 18.2 Å². The molecule has 0 fully saturated rings. The van der Waals surface area contributed by atoms with Crippen molar-refractivity contribution in [2.24, 2.45) is 0 Å². The third kappa shape index (κ3) is 9.17. The van der Waals surface area contributed by atoms with Gasteiger partial charge in [0.15, 0.2) is 5.82 Å². The third-order valence-corrected chi connectivity index (χ3v) is 15.8. The number of imidazole rings is 1. The molecular formula is C55H54GeIrN6O-2. The van der Waals surface area contributed by atoms with E-state index in [1.54, 1.807) is 0 Å². The minimum absolute atomic E-state index is 0. The van der Waals surface area contributed by atoms with Crippen LogP contribution in [0.3, 0.4) is 0 Å². The van der Waals surface area contributed by atoms with Crippen LogP contribution in [0.1, 0.15) is 70.2 Å². The van der Waals surface area contributed by atoms with Gasteiger partial charge in [-0.05, 0) is 52.3 Å². The molecule has 1 radical (unpaired) electrons. The number of hydrazine groups is 2. The first-order chi connectivity index (χ1) is 31.3. The van der Waals surface area contributed by atoms with Crippen LogP contribution in [0.25, 0.3) is 61.4 Å². The fourth-order valence-electron chi connectivity index (χ4n) is 8.36. The Morgan fingerprint density at radius 3 is 2.14 bits per heavy atom. The molecule has 3 aromatic heterocycles. The molecule has 6 aromatic carbocycles. The normalized spacial score (nSPS) is 13.1. The molecule has 10 rings (SSSR count). The molecular weight excluding hydrogens is 1030 g/mol. The van der Waals surface area contributed by atoms with Crippen LogP contribution in [0.5, 0.6) is 0 Å². The zero-order chi connectivity index (χ0) is 45.5. The van der Waals surface area contributed by atoms with Gasteiger partial charge < -0.3 is 8.98 Å². The maximum atomic E-state index is 8.85. The maximum absolute atomic E-state index is 8.85. The van der Waals surface area contributed by atoms with Gasteiger partial charge >= 0.3 is 144 Å². The van der Waals surface area contributed by atoms with Crippen molar-refractivity contribution in [3.8, 4) is 39.5 Å². The van der Waals surface area contributed by atoms with Crippen molar-refractivity contribution in [2.75, 3.05) is 5.43 Å². The fraction of sp³-hybridized carbons (Fsp3) is 0.200. The summed E-state index contributed by atoms with van der Waals surface area (Å²) in [7, 11) is 0. The first kappa shape index (κ1) is 42.3. The van der Waals surface area contributed by atoms with E-state index >= 15 is 0 Å². The van der Waals surface area contributed by atoms with Crippen LogP contribution in [0.2, 0.25) is 17.3 Å². The summed E-state index contributed by atoms with van der Waals surface area (Å²) < 4.78 is 27.6. The van der Waals surface area contributed by atoms with Crippen LogP contribution in [-0.4, -0.2) is 27.8 Å². The molecule has 9 aromatic rings. The molecule has 4 heterocycles. The van der Waals surface area contributed by atoms with Crippen molar-refractivity contribution in [1.82, 2.24) is 25.5 Å². The number of benzene rings is 6. The van der Waals surface area contributed by atoms with Gasteiger partial charge in [-0.25, -0.2) is 5.43 Å². The number of nitrogens with zero attached hydrogens (tertiary/aromatic N) is 3. The SMILES string of the molecule is CC(C)c1cc(-c2ccccc2)cc(C(C)C)c1-n1c(-c2[c-]ccc3c2oc2ccccc23)nc2c1CNNN2.[2H]C([2H])(c1ccccc1)c1cc(-c2[c-]cccc2)nc[c]1[Ge]([CH3])([CH3])[CH3].[Ir]. The van der Waals surface area contributed by atoms with Crippen molar-refractivity contribution in [3.05, 3.63) is 186 Å². The molecule has 1 aliphatic heterocycles. The van der Waals surface area contributed by atoms with Crippen LogP contribution < -0.4 is 20.8 Å². The predicted molar refractivity (Wildman–Crippen MR) is 263 cm³/mol. The number of rotatable bonds is 9. The van der Waals surface area contributed by atoms with Gasteiger partial charge in [0, 0.05) is 31.2 Å². The number of para-hydroxylation sites is 1. The number of hydrogen-bond donors (Lipinski definition) is 3. The summed E-state index contributed by atoms with van der Waals surface area (Å²) in [6.07, 6.45) is 0.341. The fourth-order valence-corrected chi connectivity index (χ4v) is 11.3. The summed E-state index contributed by atoms with van der Waals surface area (Å²) in [5, 5.41) is 2.16. The van der Waals surface area contributed by atoms with Gasteiger partial charge in [0.1, 0.15) is 5.58 Å². The molecule has 7 nitrogen and oxygen atoms in total. The first-order valence-electron chi connectivity index (χ1n) is 22.8. The Balaban J connectivity index is 0.000000197. The molecule has 3 N–H and O–H groups in total. The van der Waals surface area contributed by atoms with E-state index in [0.717, 1.165) is 66.1 Å². The molecule has 64 heavy (non-hydrogen) atoms. The Morgan fingerprint density at radius 2 is 1.45 bits per heavy atom. The van der Waals surface area contributed by atoms with Crippen LogP contribution in [0.4, 0.5) is 5.82 Å². The van der Waals surface area contributed by atoms with Gasteiger partial charge in [0.25, 0.3) is 0 Å². The molecule has 0 atom stereocenters. The van der Waals surface area contributed by atoms with Gasteiger partial charge in [-0.1, -0.05) is 87.2 Å². The van der Waals surface area contributed by atoms with E-state index < -0.39 is 19.6 Å². The number of nitrogens with one attached hydrogen (secondary N) is 3. The van der Waals surface area contributed by atoms with Gasteiger partial charge in [0.2, 0.25) is 0 Å². The van der Waals surface area contributed by atoms with Crippen molar-refractivity contribution >= 4 is 45.4 Å². The van der Waals surface area contributed by atoms with E-state index in [1.807, 2.05) is 91.1 Å². The van der Waals surface area contributed by atoms with Crippen molar-refractivity contribution in [2.45, 2.75) is 69.7 Å². The average Bonchev–Trinajstić information content (AvgIpc) is 3.90. The van der Waals surface area contributed by atoms with E-state index in [9.17, 15) is 0 Å². The topological polar surface area (TPSA) is 79.9 Å². The van der Waals surface area contributed by atoms with Gasteiger partial charge in [0.05, 0.1) is 23.6 Å². The summed E-state index contributed by atoms with van der Waals surface area (Å²) >= 11 is -2.30. The zero-order valence-corrected chi connectivity index (χ0v) is 41.8. The van der Waals surface area contributed by atoms with E-state index in [4.69, 9.17) is 12.1 Å². The number of aromatic nitrogens is 3. The van der Waals surface area contributed by atoms with Crippen LogP contribution in [0, 0.1) is 12.1 Å². The molecule has 0 aliphatic carbocycles. The smallest absolute Gasteiger partial charge is 0 e. The molecule has 9 heteroatoms. The second-order valence-electron chi connectivity index (χ2n) is 17.7. The first-order valence-corrected chi connectivity index (χ1v) is 29.1. The standard InChI is InChI=1S/C34H32N5O.C21H22GeN.Ir/c1-20(2)27-17-23(22-11-6-5-7-12-22)18-28(21(3)4)31(27)39-29-19-35-38-37-33(29)36-34(39)26-15-10-14-25-24-13-8-9-16-30(24)40-32(25)26;1-22(2,3)20-16-23-21(18-12-8-5-9-13-18)15-19(20)14-17-10-6-4-7-11-17;/h5-14,16-18,20-21,35,37-38H,19H2,1-4H3;4-12,15-16H,14H2,1-3H3;/q2*-1;/i;14D2;. The maximum Gasteiger partial charge on any atom is 0 e. The van der Waals surface area contributed by atoms with Crippen molar-refractivity contribution < 1.29 is 27.3 Å². The van der Waals surface area contributed by atoms with E-state index in [0.29, 0.717) is 12.1 Å². The largest absolute Gasteiger partial charge is 0 e. The molecule has 0 bridgehead atoms. The summed E-state index contributed by atoms with van der Waals surface area (Å²) in [4.78, 5) is 9.79. The van der Waals surface area contributed by atoms with Crippen LogP contribution in [0.15, 0.2) is 150 Å². The minimum Gasteiger partial charge on any atom is 0 e. The van der Waals surface area contributed by atoms with Crippen LogP contribution in [-0.2, 0) is 33.0 Å². The van der Waals surface area contributed by atoms with Crippen molar-refractivity contribution in [3.63, 3.8) is 0 Å². The van der Waals surface area contributed by atoms with Crippen LogP contribution >= 0.6 is 0 Å². The minimum atomic E-state index is -2.30. The second-order valence-corrected chi connectivity index (χ2v) is 28.2. The van der Waals surface area contributed by atoms with E-state index in [-0.39, 0.29) is 31.9 Å². The van der Waals surface area contributed by atoms with Crippen molar-refractivity contribution in [1.29, 1.82) is 0 Å². The number of anilines is 1. The number of fused-ring (bicyclic) bond motifs is 4. The Labute approximate surface area is 396 Å². The molecule has 0 unspecified atom stereocenters. The second kappa shape index (κ2) is 19.2. The summed E-state index contributed by atoms with van der Waals surface area (Å²) in [6.45, 7) is 9.69. The Hall–Kier alpha value is -5.61. The van der Waals surface area contributed by atoms with E-state index in [2.05, 4.69) is 138 Å². The monoisotopic (exact) mass is 1080 g/mol. The quantitative estimate of drug-likeness (QED) is 0.0987. The number of pyridine rings is 1. The summed E-state index contributed by atoms with van der Waals surface area (Å²) in [5.74, 6) is 9.00. The zero-order valence-electron chi connectivity index (χ0n) is 39.3. The number of furan rings is 1. The molecule has 1 aliphatic rings. The molecule has 0 saturated heterocycles. The van der Waals surface area contributed by atoms with E-state index in [1.165, 1.54) is 27.9 Å². The Morgan fingerprint density at radius 1 is 0.766 bits per heavy atom. The molecule has 0 saturated carbocycles. The molecule has 0 spiro atoms. The Kier molecular flexibility index (Phi) is 12.7. The third-order valence-electron chi connectivity index (χ3n) is 11.6. The van der Waals surface area contributed by atoms with Gasteiger partial charge in [-0.2, -0.15) is 5.53 Å². The number of hydrogen-bond acceptors (Lipinski definition) is 6. The van der Waals surface area contributed by atoms with Gasteiger partial charge in [-0.3, -0.25) is 10.4 Å². The summed E-state index contributed by atoms with van der Waals surface area (Å²) in [6, 6.07) is 53.3. The molecule has 0 amide bonds. The molecule has 325 valence electrons. The Bertz CT molecular complexity index is 3100. The predicted octanol–water partition coefficient (Wildman–Crippen LogP) is 12.8.